The number of carbonyl (C=O) groups is 1. The van der Waals surface area contributed by atoms with Crippen molar-refractivity contribution in [2.24, 2.45) is 16.6 Å². The van der Waals surface area contributed by atoms with Gasteiger partial charge >= 0.3 is 0 Å². The van der Waals surface area contributed by atoms with Crippen LogP contribution in [0.5, 0.6) is 0 Å². The van der Waals surface area contributed by atoms with Crippen LogP contribution in [0.25, 0.3) is 0 Å². The van der Waals surface area contributed by atoms with E-state index in [9.17, 15) is 4.79 Å². The Kier molecular flexibility index (Phi) is 3.13. The third-order valence-corrected chi connectivity index (χ3v) is 4.17. The number of amides is 1. The monoisotopic (exact) mass is 271 g/mol. The minimum Gasteiger partial charge on any atom is -0.321 e. The quantitative estimate of drug-likeness (QED) is 0.910. The van der Waals surface area contributed by atoms with Gasteiger partial charge < -0.3 is 5.73 Å². The molecule has 1 heterocycles. The second kappa shape index (κ2) is 4.70. The normalized spacial score (nSPS) is 21.5. The van der Waals surface area contributed by atoms with Crippen LogP contribution in [0.1, 0.15) is 32.3 Å². The molecule has 1 saturated carbocycles. The third-order valence-electron chi connectivity index (χ3n) is 4.17. The van der Waals surface area contributed by atoms with Crippen LogP contribution in [0.15, 0.2) is 35.3 Å². The van der Waals surface area contributed by atoms with Crippen molar-refractivity contribution in [1.29, 1.82) is 0 Å². The molecular formula is C16H21N3O. The van der Waals surface area contributed by atoms with Crippen molar-refractivity contribution < 1.29 is 4.79 Å². The van der Waals surface area contributed by atoms with Crippen LogP contribution in [0, 0.1) is 5.92 Å². The van der Waals surface area contributed by atoms with E-state index >= 15 is 0 Å². The molecule has 106 valence electrons. The lowest BCUT2D eigenvalue weighted by molar-refractivity contribution is -0.128. The van der Waals surface area contributed by atoms with Crippen molar-refractivity contribution in [3.05, 3.63) is 35.9 Å². The maximum absolute atomic E-state index is 12.6. The van der Waals surface area contributed by atoms with Gasteiger partial charge in [0.2, 0.25) is 0 Å². The molecule has 1 atom stereocenters. The van der Waals surface area contributed by atoms with Gasteiger partial charge in [-0.15, -0.1) is 0 Å². The van der Waals surface area contributed by atoms with Gasteiger partial charge in [0.1, 0.15) is 11.4 Å². The van der Waals surface area contributed by atoms with Gasteiger partial charge in [0.15, 0.2) is 0 Å². The molecule has 1 aliphatic heterocycles. The van der Waals surface area contributed by atoms with Gasteiger partial charge in [-0.3, -0.25) is 14.7 Å². The highest BCUT2D eigenvalue weighted by atomic mass is 16.2. The summed E-state index contributed by atoms with van der Waals surface area (Å²) in [7, 11) is 0. The molecule has 1 unspecified atom stereocenters. The molecule has 20 heavy (non-hydrogen) atoms. The highest BCUT2D eigenvalue weighted by Gasteiger charge is 2.57. The van der Waals surface area contributed by atoms with E-state index in [0.29, 0.717) is 6.54 Å². The first-order chi connectivity index (χ1) is 9.53. The molecule has 2 N–H and O–H groups in total. The van der Waals surface area contributed by atoms with E-state index in [1.165, 1.54) is 0 Å². The summed E-state index contributed by atoms with van der Waals surface area (Å²) in [6.45, 7) is 4.70. The molecule has 1 spiro atoms. The highest BCUT2D eigenvalue weighted by Crippen LogP contribution is 2.46. The van der Waals surface area contributed by atoms with Crippen molar-refractivity contribution in [2.45, 2.75) is 44.8 Å². The van der Waals surface area contributed by atoms with Crippen LogP contribution in [0.2, 0.25) is 0 Å². The Bertz CT molecular complexity index is 546. The standard InChI is InChI=1S/C16H21N3O/c1-11(2)13(17)14-18-16(8-9-16)15(20)19(14)10-12-6-4-3-5-7-12/h3-7,11,13H,8-10,17H2,1-2H3. The summed E-state index contributed by atoms with van der Waals surface area (Å²) in [4.78, 5) is 19.1. The van der Waals surface area contributed by atoms with Crippen molar-refractivity contribution in [3.63, 3.8) is 0 Å². The minimum atomic E-state index is -0.462. The van der Waals surface area contributed by atoms with Gasteiger partial charge in [-0.2, -0.15) is 0 Å². The average molecular weight is 271 g/mol. The van der Waals surface area contributed by atoms with Crippen LogP contribution in [-0.2, 0) is 11.3 Å². The average Bonchev–Trinajstić information content (AvgIpc) is 3.18. The van der Waals surface area contributed by atoms with Crippen molar-refractivity contribution in [3.8, 4) is 0 Å². The maximum Gasteiger partial charge on any atom is 0.256 e. The number of amidine groups is 1. The van der Waals surface area contributed by atoms with Gasteiger partial charge in [0, 0.05) is 0 Å². The molecule has 0 saturated heterocycles. The van der Waals surface area contributed by atoms with Gasteiger partial charge in [0.05, 0.1) is 12.6 Å². The Morgan fingerprint density at radius 2 is 1.95 bits per heavy atom. The number of hydrogen-bond acceptors (Lipinski definition) is 3. The van der Waals surface area contributed by atoms with E-state index in [2.05, 4.69) is 18.8 Å². The first-order valence-corrected chi connectivity index (χ1v) is 7.25. The molecule has 0 radical (unpaired) electrons. The number of benzene rings is 1. The summed E-state index contributed by atoms with van der Waals surface area (Å²) in [6, 6.07) is 9.84. The molecule has 1 aromatic carbocycles. The smallest absolute Gasteiger partial charge is 0.256 e. The lowest BCUT2D eigenvalue weighted by Crippen LogP contribution is -2.46. The Labute approximate surface area is 119 Å². The molecule has 4 heteroatoms. The Hall–Kier alpha value is -1.68. The summed E-state index contributed by atoms with van der Waals surface area (Å²) in [5.41, 5.74) is 6.90. The van der Waals surface area contributed by atoms with Crippen LogP contribution < -0.4 is 5.73 Å². The Morgan fingerprint density at radius 3 is 2.50 bits per heavy atom. The molecule has 1 aromatic rings. The lowest BCUT2D eigenvalue weighted by atomic mass is 10.0. The molecule has 0 bridgehead atoms. The van der Waals surface area contributed by atoms with Gasteiger partial charge in [0.25, 0.3) is 5.91 Å². The molecule has 1 aliphatic carbocycles. The van der Waals surface area contributed by atoms with E-state index in [1.54, 1.807) is 4.90 Å². The molecule has 4 nitrogen and oxygen atoms in total. The number of carbonyl (C=O) groups excluding carboxylic acids is 1. The Morgan fingerprint density at radius 1 is 1.30 bits per heavy atom. The second-order valence-electron chi connectivity index (χ2n) is 6.15. The number of nitrogens with two attached hydrogens (primary N) is 1. The number of nitrogens with zero attached hydrogens (tertiary/aromatic N) is 2. The zero-order chi connectivity index (χ0) is 14.3. The minimum absolute atomic E-state index is 0.132. The van der Waals surface area contributed by atoms with Gasteiger partial charge in [-0.1, -0.05) is 44.2 Å². The lowest BCUT2D eigenvalue weighted by Gasteiger charge is -2.25. The SMILES string of the molecule is CC(C)C(N)C1=NC2(CC2)C(=O)N1Cc1ccccc1. The largest absolute Gasteiger partial charge is 0.321 e. The second-order valence-corrected chi connectivity index (χ2v) is 6.15. The van der Waals surface area contributed by atoms with Crippen molar-refractivity contribution in [1.82, 2.24) is 4.90 Å². The summed E-state index contributed by atoms with van der Waals surface area (Å²) in [5.74, 6) is 1.17. The van der Waals surface area contributed by atoms with Crippen molar-refractivity contribution in [2.75, 3.05) is 0 Å². The van der Waals surface area contributed by atoms with Crippen molar-refractivity contribution >= 4 is 11.7 Å². The predicted octanol–water partition coefficient (Wildman–Crippen LogP) is 1.94. The van der Waals surface area contributed by atoms with E-state index in [4.69, 9.17) is 5.73 Å². The van der Waals surface area contributed by atoms with E-state index < -0.39 is 5.54 Å². The topological polar surface area (TPSA) is 58.7 Å². The van der Waals surface area contributed by atoms with Crippen LogP contribution >= 0.6 is 0 Å². The highest BCUT2D eigenvalue weighted by molar-refractivity contribution is 6.11. The molecule has 1 fully saturated rings. The molecule has 3 rings (SSSR count). The summed E-state index contributed by atoms with van der Waals surface area (Å²) < 4.78 is 0. The zero-order valence-electron chi connectivity index (χ0n) is 12.0. The van der Waals surface area contributed by atoms with Crippen LogP contribution in [-0.4, -0.2) is 28.2 Å². The fourth-order valence-electron chi connectivity index (χ4n) is 2.60. The number of aliphatic imine (C=N–C) groups is 1. The molecule has 2 aliphatic rings. The molecular weight excluding hydrogens is 250 g/mol. The van der Waals surface area contributed by atoms with E-state index in [-0.39, 0.29) is 17.9 Å². The Balaban J connectivity index is 1.88. The molecule has 0 aromatic heterocycles. The number of rotatable bonds is 4. The first kappa shape index (κ1) is 13.3. The number of hydrogen-bond donors (Lipinski definition) is 1. The third kappa shape index (κ3) is 2.14. The van der Waals surface area contributed by atoms with E-state index in [1.807, 2.05) is 30.3 Å². The van der Waals surface area contributed by atoms with Crippen LogP contribution in [0.4, 0.5) is 0 Å². The molecule has 1 amide bonds. The van der Waals surface area contributed by atoms with Gasteiger partial charge in [-0.25, -0.2) is 0 Å². The maximum atomic E-state index is 12.6. The summed E-state index contributed by atoms with van der Waals surface area (Å²) in [6.07, 6.45) is 1.73. The fourth-order valence-corrected chi connectivity index (χ4v) is 2.60. The first-order valence-electron chi connectivity index (χ1n) is 7.25. The fraction of sp³-hybridized carbons (Fsp3) is 0.500. The summed E-state index contributed by atoms with van der Waals surface area (Å²) >= 11 is 0. The van der Waals surface area contributed by atoms with Gasteiger partial charge in [-0.05, 0) is 24.3 Å². The zero-order valence-corrected chi connectivity index (χ0v) is 12.0. The predicted molar refractivity (Wildman–Crippen MR) is 79.2 cm³/mol. The van der Waals surface area contributed by atoms with E-state index in [0.717, 1.165) is 24.2 Å². The summed E-state index contributed by atoms with van der Waals surface area (Å²) in [5, 5.41) is 0. The van der Waals surface area contributed by atoms with Crippen LogP contribution in [0.3, 0.4) is 0 Å².